The minimum Gasteiger partial charge on any atom is -0.392 e. The maximum Gasteiger partial charge on any atom is 0.0995 e. The fourth-order valence-corrected chi connectivity index (χ4v) is 6.69. The summed E-state index contributed by atoms with van der Waals surface area (Å²) in [6.07, 6.45) is 4.11. The van der Waals surface area contributed by atoms with E-state index in [0.29, 0.717) is 12.1 Å². The van der Waals surface area contributed by atoms with E-state index in [9.17, 15) is 10.4 Å². The summed E-state index contributed by atoms with van der Waals surface area (Å²) in [6, 6.07) is 19.8. The number of nitriles is 1. The molecule has 0 radical (unpaired) electrons. The number of hydrogen-bond acceptors (Lipinski definition) is 4. The van der Waals surface area contributed by atoms with E-state index in [0.717, 1.165) is 54.0 Å². The molecular weight excluding hydrogens is 449 g/mol. The number of aliphatic imine (C=N–C) groups is 1. The van der Waals surface area contributed by atoms with Gasteiger partial charge < -0.3 is 5.11 Å². The number of aliphatic hydroxyl groups excluding tert-OH is 1. The normalized spacial score (nSPS) is 21.0. The Balaban J connectivity index is 1.39. The first kappa shape index (κ1) is 22.6. The molecule has 0 aromatic heterocycles. The second kappa shape index (κ2) is 8.99. The Morgan fingerprint density at radius 2 is 1.91 bits per heavy atom. The summed E-state index contributed by atoms with van der Waals surface area (Å²) < 4.78 is 0. The van der Waals surface area contributed by atoms with Crippen molar-refractivity contribution in [2.45, 2.75) is 51.2 Å². The summed E-state index contributed by atoms with van der Waals surface area (Å²) in [7, 11) is 2.98. The third-order valence-corrected chi connectivity index (χ3v) is 8.52. The summed E-state index contributed by atoms with van der Waals surface area (Å²) in [6.45, 7) is 4.48. The van der Waals surface area contributed by atoms with E-state index in [1.54, 1.807) is 0 Å². The third-order valence-electron chi connectivity index (χ3n) is 7.89. The molecule has 2 aliphatic heterocycles. The fourth-order valence-electron chi connectivity index (χ4n) is 6.19. The molecule has 3 aliphatic rings. The van der Waals surface area contributed by atoms with Crippen LogP contribution in [0.3, 0.4) is 0 Å². The van der Waals surface area contributed by atoms with Gasteiger partial charge in [0.05, 0.1) is 29.1 Å². The Bertz CT molecular complexity index is 1400. The highest BCUT2D eigenvalue weighted by atomic mass is 31.0. The van der Waals surface area contributed by atoms with Crippen molar-refractivity contribution in [3.8, 4) is 17.2 Å². The standard InChI is InChI=1S/C30H30N3OP/c1-18-28-21(15-31)13-19(16-33-12-11-22(34)17-33)14-27(28)32-29(18)26-10-4-9-25(30(26)35)24-8-3-6-20-5-2-7-23(20)24/h3-4,6,8-10,13-14,18,22,34H,2,5,7,11-12,16-17,35H2,1H3. The molecule has 3 atom stereocenters. The Labute approximate surface area is 209 Å². The van der Waals surface area contributed by atoms with E-state index >= 15 is 0 Å². The molecule has 35 heavy (non-hydrogen) atoms. The van der Waals surface area contributed by atoms with Crippen LogP contribution in [0.4, 0.5) is 5.69 Å². The van der Waals surface area contributed by atoms with Gasteiger partial charge in [0.25, 0.3) is 0 Å². The number of hydrogen-bond donors (Lipinski definition) is 1. The highest BCUT2D eigenvalue weighted by Crippen LogP contribution is 2.41. The fraction of sp³-hybridized carbons (Fsp3) is 0.333. The SMILES string of the molecule is CC1C(c2cccc(-c3cccc4c3CCC4)c2P)=Nc2cc(CN3CCC(O)C3)cc(C#N)c21. The molecule has 1 aliphatic carbocycles. The third kappa shape index (κ3) is 3.93. The van der Waals surface area contributed by atoms with Crippen LogP contribution in [0.25, 0.3) is 11.1 Å². The molecule has 3 aromatic carbocycles. The minimum atomic E-state index is -0.247. The summed E-state index contributed by atoms with van der Waals surface area (Å²) in [4.78, 5) is 7.36. The molecule has 1 fully saturated rings. The molecule has 176 valence electrons. The quantitative estimate of drug-likeness (QED) is 0.535. The molecular formula is C30H30N3OP. The average Bonchev–Trinajstić information content (AvgIpc) is 3.58. The molecule has 0 bridgehead atoms. The van der Waals surface area contributed by atoms with Crippen molar-refractivity contribution in [3.63, 3.8) is 0 Å². The molecule has 4 nitrogen and oxygen atoms in total. The molecule has 3 unspecified atom stereocenters. The van der Waals surface area contributed by atoms with Crippen LogP contribution in [0.1, 0.15) is 59.1 Å². The lowest BCUT2D eigenvalue weighted by molar-refractivity contribution is 0.175. The van der Waals surface area contributed by atoms with E-state index in [1.165, 1.54) is 40.4 Å². The smallest absolute Gasteiger partial charge is 0.0995 e. The number of fused-ring (bicyclic) bond motifs is 2. The number of likely N-dealkylation sites (tertiary alicyclic amines) is 1. The molecule has 3 aromatic rings. The number of aliphatic hydroxyl groups is 1. The van der Waals surface area contributed by atoms with Gasteiger partial charge in [-0.25, -0.2) is 0 Å². The number of aryl methyl sites for hydroxylation is 1. The van der Waals surface area contributed by atoms with Crippen molar-refractivity contribution in [2.24, 2.45) is 4.99 Å². The van der Waals surface area contributed by atoms with Gasteiger partial charge in [-0.2, -0.15) is 5.26 Å². The molecule has 2 heterocycles. The maximum absolute atomic E-state index is 9.98. The van der Waals surface area contributed by atoms with E-state index in [2.05, 4.69) is 69.6 Å². The van der Waals surface area contributed by atoms with Crippen LogP contribution >= 0.6 is 9.24 Å². The lowest BCUT2D eigenvalue weighted by Crippen LogP contribution is -2.21. The van der Waals surface area contributed by atoms with Gasteiger partial charge in [0.1, 0.15) is 0 Å². The van der Waals surface area contributed by atoms with Gasteiger partial charge in [-0.1, -0.05) is 43.3 Å². The first-order chi connectivity index (χ1) is 17.0. The van der Waals surface area contributed by atoms with Crippen LogP contribution in [-0.2, 0) is 19.4 Å². The molecule has 5 heteroatoms. The molecule has 0 amide bonds. The van der Waals surface area contributed by atoms with Gasteiger partial charge in [0, 0.05) is 36.7 Å². The zero-order chi connectivity index (χ0) is 24.1. The van der Waals surface area contributed by atoms with Gasteiger partial charge in [-0.3, -0.25) is 9.89 Å². The largest absolute Gasteiger partial charge is 0.392 e. The van der Waals surface area contributed by atoms with Crippen LogP contribution < -0.4 is 5.30 Å². The molecule has 0 saturated carbocycles. The molecule has 1 N–H and O–H groups in total. The Morgan fingerprint density at radius 3 is 2.71 bits per heavy atom. The van der Waals surface area contributed by atoms with Crippen molar-refractivity contribution in [3.05, 3.63) is 81.9 Å². The van der Waals surface area contributed by atoms with Crippen LogP contribution in [-0.4, -0.2) is 34.9 Å². The predicted octanol–water partition coefficient (Wildman–Crippen LogP) is 5.02. The van der Waals surface area contributed by atoms with Crippen LogP contribution in [0.2, 0.25) is 0 Å². The van der Waals surface area contributed by atoms with Gasteiger partial charge in [0.2, 0.25) is 0 Å². The Kier molecular flexibility index (Phi) is 5.81. The van der Waals surface area contributed by atoms with Gasteiger partial charge in [-0.15, -0.1) is 9.24 Å². The number of benzene rings is 3. The van der Waals surface area contributed by atoms with Crippen molar-refractivity contribution in [1.82, 2.24) is 4.90 Å². The zero-order valence-corrected chi connectivity index (χ0v) is 21.2. The second-order valence-electron chi connectivity index (χ2n) is 10.1. The van der Waals surface area contributed by atoms with E-state index in [4.69, 9.17) is 4.99 Å². The molecule has 1 saturated heterocycles. The van der Waals surface area contributed by atoms with Gasteiger partial charge >= 0.3 is 0 Å². The summed E-state index contributed by atoms with van der Waals surface area (Å²) in [5, 5.41) is 21.1. The lowest BCUT2D eigenvalue weighted by atomic mass is 9.88. The van der Waals surface area contributed by atoms with Crippen LogP contribution in [0.5, 0.6) is 0 Å². The van der Waals surface area contributed by atoms with Crippen molar-refractivity contribution >= 4 is 25.9 Å². The molecule has 0 spiro atoms. The van der Waals surface area contributed by atoms with Gasteiger partial charge in [-0.05, 0) is 70.9 Å². The van der Waals surface area contributed by atoms with E-state index in [-0.39, 0.29) is 12.0 Å². The number of nitrogens with zero attached hydrogens (tertiary/aromatic N) is 3. The Morgan fingerprint density at radius 1 is 1.11 bits per heavy atom. The number of β-amino-alcohol motifs (C(OH)–C–C–N with tert-alkyl or cyclic N) is 1. The number of rotatable bonds is 4. The summed E-state index contributed by atoms with van der Waals surface area (Å²) in [5.41, 5.74) is 11.5. The van der Waals surface area contributed by atoms with E-state index < -0.39 is 0 Å². The maximum atomic E-state index is 9.98. The van der Waals surface area contributed by atoms with Crippen molar-refractivity contribution < 1.29 is 5.11 Å². The highest BCUT2D eigenvalue weighted by Gasteiger charge is 2.30. The summed E-state index contributed by atoms with van der Waals surface area (Å²) >= 11 is 0. The van der Waals surface area contributed by atoms with Crippen molar-refractivity contribution in [2.75, 3.05) is 13.1 Å². The average molecular weight is 480 g/mol. The Hall–Kier alpha value is -2.83. The highest BCUT2D eigenvalue weighted by molar-refractivity contribution is 7.28. The van der Waals surface area contributed by atoms with Crippen molar-refractivity contribution in [1.29, 1.82) is 5.26 Å². The minimum absolute atomic E-state index is 0.0540. The van der Waals surface area contributed by atoms with Crippen LogP contribution in [0, 0.1) is 11.3 Å². The molecule has 6 rings (SSSR count). The lowest BCUT2D eigenvalue weighted by Gasteiger charge is -2.18. The zero-order valence-electron chi connectivity index (χ0n) is 20.1. The van der Waals surface area contributed by atoms with E-state index in [1.807, 2.05) is 6.07 Å². The van der Waals surface area contributed by atoms with Gasteiger partial charge in [0.15, 0.2) is 0 Å². The predicted molar refractivity (Wildman–Crippen MR) is 145 cm³/mol. The topological polar surface area (TPSA) is 59.6 Å². The monoisotopic (exact) mass is 479 g/mol. The van der Waals surface area contributed by atoms with Crippen LogP contribution in [0.15, 0.2) is 53.5 Å². The summed E-state index contributed by atoms with van der Waals surface area (Å²) in [5.74, 6) is 0.0540. The second-order valence-corrected chi connectivity index (χ2v) is 10.7. The first-order valence-electron chi connectivity index (χ1n) is 12.6. The first-order valence-corrected chi connectivity index (χ1v) is 13.2.